The van der Waals surface area contributed by atoms with E-state index < -0.39 is 11.6 Å². The Kier molecular flexibility index (Phi) is 7.11. The molecular weight excluding hydrogens is 264 g/mol. The predicted molar refractivity (Wildman–Crippen MR) is 75.6 cm³/mol. The van der Waals surface area contributed by atoms with Gasteiger partial charge in [0.15, 0.2) is 11.6 Å². The molecule has 0 aliphatic rings. The first-order valence-electron chi connectivity index (χ1n) is 6.59. The van der Waals surface area contributed by atoms with Crippen LogP contribution in [0.25, 0.3) is 0 Å². The summed E-state index contributed by atoms with van der Waals surface area (Å²) in [7, 11) is 4.02. The molecule has 0 radical (unpaired) electrons. The highest BCUT2D eigenvalue weighted by molar-refractivity contribution is 5.90. The number of amides is 1. The monoisotopic (exact) mass is 285 g/mol. The van der Waals surface area contributed by atoms with Crippen molar-refractivity contribution < 1.29 is 13.6 Å². The van der Waals surface area contributed by atoms with Gasteiger partial charge in [-0.3, -0.25) is 4.79 Å². The van der Waals surface area contributed by atoms with Gasteiger partial charge in [-0.2, -0.15) is 0 Å². The third kappa shape index (κ3) is 6.58. The smallest absolute Gasteiger partial charge is 0.225 e. The van der Waals surface area contributed by atoms with Crippen molar-refractivity contribution in [1.29, 1.82) is 0 Å². The molecule has 0 aromatic heterocycles. The van der Waals surface area contributed by atoms with Crippen LogP contribution in [-0.4, -0.2) is 44.5 Å². The second-order valence-corrected chi connectivity index (χ2v) is 4.83. The minimum atomic E-state index is -0.968. The Balaban J connectivity index is 2.18. The van der Waals surface area contributed by atoms with E-state index in [1.54, 1.807) is 0 Å². The summed E-state index contributed by atoms with van der Waals surface area (Å²) in [6.45, 7) is 2.40. The molecule has 20 heavy (non-hydrogen) atoms. The number of anilines is 1. The largest absolute Gasteiger partial charge is 0.326 e. The second kappa shape index (κ2) is 8.60. The van der Waals surface area contributed by atoms with E-state index in [2.05, 4.69) is 15.5 Å². The van der Waals surface area contributed by atoms with Crippen LogP contribution in [0, 0.1) is 11.6 Å². The number of nitrogens with zero attached hydrogens (tertiary/aromatic N) is 1. The highest BCUT2D eigenvalue weighted by atomic mass is 19.2. The normalized spacial score (nSPS) is 10.8. The van der Waals surface area contributed by atoms with Gasteiger partial charge >= 0.3 is 0 Å². The van der Waals surface area contributed by atoms with Crippen molar-refractivity contribution in [3.05, 3.63) is 29.8 Å². The van der Waals surface area contributed by atoms with Crippen molar-refractivity contribution in [1.82, 2.24) is 10.2 Å². The molecular formula is C14H21F2N3O. The summed E-state index contributed by atoms with van der Waals surface area (Å²) in [6.07, 6.45) is 1.30. The molecule has 6 heteroatoms. The average Bonchev–Trinajstić information content (AvgIpc) is 2.38. The number of nitrogens with one attached hydrogen (secondary N) is 2. The van der Waals surface area contributed by atoms with Crippen molar-refractivity contribution in [3.63, 3.8) is 0 Å². The zero-order valence-electron chi connectivity index (χ0n) is 11.9. The number of hydrogen-bond donors (Lipinski definition) is 2. The van der Waals surface area contributed by atoms with Gasteiger partial charge in [0.1, 0.15) is 0 Å². The fraction of sp³-hybridized carbons (Fsp3) is 0.500. The zero-order chi connectivity index (χ0) is 15.0. The molecule has 0 aliphatic carbocycles. The Hall–Kier alpha value is -1.53. The molecule has 1 amide bonds. The van der Waals surface area contributed by atoms with Gasteiger partial charge in [0.2, 0.25) is 5.91 Å². The van der Waals surface area contributed by atoms with Gasteiger partial charge in [-0.25, -0.2) is 8.78 Å². The quantitative estimate of drug-likeness (QED) is 0.716. The fourth-order valence-electron chi connectivity index (χ4n) is 1.64. The minimum absolute atomic E-state index is 0.226. The van der Waals surface area contributed by atoms with E-state index in [0.29, 0.717) is 13.0 Å². The van der Waals surface area contributed by atoms with Crippen LogP contribution in [0.15, 0.2) is 18.2 Å². The predicted octanol–water partition coefficient (Wildman–Crippen LogP) is 1.83. The summed E-state index contributed by atoms with van der Waals surface area (Å²) >= 11 is 0. The molecule has 0 heterocycles. The molecule has 1 aromatic rings. The van der Waals surface area contributed by atoms with Crippen molar-refractivity contribution in [2.75, 3.05) is 39.0 Å². The number of halogens is 2. The topological polar surface area (TPSA) is 44.4 Å². The Bertz CT molecular complexity index is 438. The molecule has 0 saturated carbocycles. The van der Waals surface area contributed by atoms with Crippen LogP contribution >= 0.6 is 0 Å². The number of carbonyl (C=O) groups excluding carboxylic acids is 1. The second-order valence-electron chi connectivity index (χ2n) is 4.83. The van der Waals surface area contributed by atoms with Gasteiger partial charge in [-0.05, 0) is 45.7 Å². The number of benzene rings is 1. The summed E-state index contributed by atoms with van der Waals surface area (Å²) in [4.78, 5) is 13.7. The third-order valence-corrected chi connectivity index (χ3v) is 2.69. The highest BCUT2D eigenvalue weighted by Gasteiger charge is 2.05. The lowest BCUT2D eigenvalue weighted by Gasteiger charge is -2.10. The third-order valence-electron chi connectivity index (χ3n) is 2.69. The van der Waals surface area contributed by atoms with Crippen LogP contribution < -0.4 is 10.6 Å². The Morgan fingerprint density at radius 1 is 1.20 bits per heavy atom. The van der Waals surface area contributed by atoms with E-state index >= 15 is 0 Å². The van der Waals surface area contributed by atoms with E-state index in [4.69, 9.17) is 0 Å². The Morgan fingerprint density at radius 3 is 2.60 bits per heavy atom. The van der Waals surface area contributed by atoms with Crippen LogP contribution in [0.3, 0.4) is 0 Å². The molecule has 0 unspecified atom stereocenters. The summed E-state index contributed by atoms with van der Waals surface area (Å²) in [5, 5.41) is 5.68. The van der Waals surface area contributed by atoms with E-state index in [9.17, 15) is 13.6 Å². The van der Waals surface area contributed by atoms with Crippen LogP contribution in [0.5, 0.6) is 0 Å². The number of hydrogen-bond acceptors (Lipinski definition) is 3. The van der Waals surface area contributed by atoms with Crippen molar-refractivity contribution in [3.8, 4) is 0 Å². The van der Waals surface area contributed by atoms with Crippen LogP contribution in [-0.2, 0) is 4.79 Å². The molecule has 2 N–H and O–H groups in total. The summed E-state index contributed by atoms with van der Waals surface area (Å²) in [5.41, 5.74) is 0.265. The number of carbonyl (C=O) groups is 1. The molecule has 0 aliphatic heterocycles. The van der Waals surface area contributed by atoms with Gasteiger partial charge in [-0.15, -0.1) is 0 Å². The molecule has 0 saturated heterocycles. The van der Waals surface area contributed by atoms with Crippen molar-refractivity contribution >= 4 is 11.6 Å². The first-order chi connectivity index (χ1) is 9.49. The first-order valence-corrected chi connectivity index (χ1v) is 6.59. The Labute approximate surface area is 118 Å². The number of rotatable bonds is 8. The SMILES string of the molecule is CN(C)CCCNCCC(=O)Nc1ccc(F)c(F)c1. The molecule has 0 spiro atoms. The molecule has 4 nitrogen and oxygen atoms in total. The van der Waals surface area contributed by atoms with Crippen LogP contribution in [0.4, 0.5) is 14.5 Å². The molecule has 1 aromatic carbocycles. The maximum atomic E-state index is 12.9. The molecule has 0 atom stereocenters. The van der Waals surface area contributed by atoms with Gasteiger partial charge < -0.3 is 15.5 Å². The maximum absolute atomic E-state index is 12.9. The summed E-state index contributed by atoms with van der Waals surface area (Å²) < 4.78 is 25.7. The van der Waals surface area contributed by atoms with Gasteiger partial charge in [0.05, 0.1) is 0 Å². The van der Waals surface area contributed by atoms with E-state index in [1.165, 1.54) is 6.07 Å². The highest BCUT2D eigenvalue weighted by Crippen LogP contribution is 2.13. The van der Waals surface area contributed by atoms with Crippen molar-refractivity contribution in [2.24, 2.45) is 0 Å². The van der Waals surface area contributed by atoms with Gasteiger partial charge in [0.25, 0.3) is 0 Å². The van der Waals surface area contributed by atoms with Gasteiger partial charge in [-0.1, -0.05) is 0 Å². The maximum Gasteiger partial charge on any atom is 0.225 e. The lowest BCUT2D eigenvalue weighted by molar-refractivity contribution is -0.116. The molecule has 112 valence electrons. The molecule has 0 bridgehead atoms. The Morgan fingerprint density at radius 2 is 1.95 bits per heavy atom. The molecule has 0 fully saturated rings. The average molecular weight is 285 g/mol. The first kappa shape index (κ1) is 16.5. The fourth-order valence-corrected chi connectivity index (χ4v) is 1.64. The lowest BCUT2D eigenvalue weighted by atomic mass is 10.3. The van der Waals surface area contributed by atoms with E-state index in [0.717, 1.165) is 31.6 Å². The van der Waals surface area contributed by atoms with Crippen LogP contribution in [0.1, 0.15) is 12.8 Å². The standard InChI is InChI=1S/C14H21F2N3O/c1-19(2)9-3-7-17-8-6-14(20)18-11-4-5-12(15)13(16)10-11/h4-5,10,17H,3,6-9H2,1-2H3,(H,18,20). The van der Waals surface area contributed by atoms with E-state index in [1.807, 2.05) is 14.1 Å². The zero-order valence-corrected chi connectivity index (χ0v) is 11.9. The van der Waals surface area contributed by atoms with Crippen molar-refractivity contribution in [2.45, 2.75) is 12.8 Å². The summed E-state index contributed by atoms with van der Waals surface area (Å²) in [6, 6.07) is 3.29. The minimum Gasteiger partial charge on any atom is -0.326 e. The van der Waals surface area contributed by atoms with Gasteiger partial charge in [0, 0.05) is 24.7 Å². The van der Waals surface area contributed by atoms with Crippen LogP contribution in [0.2, 0.25) is 0 Å². The van der Waals surface area contributed by atoms with E-state index in [-0.39, 0.29) is 11.6 Å². The molecule has 1 rings (SSSR count). The lowest BCUT2D eigenvalue weighted by Crippen LogP contribution is -2.25. The summed E-state index contributed by atoms with van der Waals surface area (Å²) in [5.74, 6) is -2.12.